The van der Waals surface area contributed by atoms with Crippen molar-refractivity contribution in [2.75, 3.05) is 45.9 Å². The number of nitrogens with zero attached hydrogens (tertiary/aromatic N) is 5. The van der Waals surface area contributed by atoms with Crippen molar-refractivity contribution in [3.05, 3.63) is 89.4 Å². The number of ether oxygens (including phenoxy) is 2. The monoisotopic (exact) mass is 592 g/mol. The summed E-state index contributed by atoms with van der Waals surface area (Å²) in [7, 11) is 0. The fourth-order valence-corrected chi connectivity index (χ4v) is 5.74. The van der Waals surface area contributed by atoms with Gasteiger partial charge in [0, 0.05) is 57.2 Å². The molecule has 3 atom stereocenters. The maximum Gasteiger partial charge on any atom is 0.257 e. The molecule has 3 amide bonds. The molecule has 3 aliphatic heterocycles. The highest BCUT2D eigenvalue weighted by molar-refractivity contribution is 5.96. The molecule has 1 N–H and O–H groups in total. The Morgan fingerprint density at radius 3 is 2.70 bits per heavy atom. The quantitative estimate of drug-likeness (QED) is 0.487. The average molecular weight is 593 g/mol. The first kappa shape index (κ1) is 28.6. The number of halogens is 2. The molecule has 0 unspecified atom stereocenters. The molecule has 2 fully saturated rings. The molecule has 0 bridgehead atoms. The predicted molar refractivity (Wildman–Crippen MR) is 148 cm³/mol. The zero-order valence-electron chi connectivity index (χ0n) is 23.2. The van der Waals surface area contributed by atoms with Crippen molar-refractivity contribution < 1.29 is 32.6 Å². The molecule has 6 rings (SSSR count). The molecule has 0 radical (unpaired) electrons. The molecule has 3 aliphatic rings. The van der Waals surface area contributed by atoms with Crippen molar-refractivity contribution in [1.82, 2.24) is 30.0 Å². The van der Waals surface area contributed by atoms with E-state index in [2.05, 4.69) is 15.3 Å². The van der Waals surface area contributed by atoms with Gasteiger partial charge in [-0.1, -0.05) is 12.1 Å². The third-order valence-electron chi connectivity index (χ3n) is 7.95. The van der Waals surface area contributed by atoms with Crippen molar-refractivity contribution in [3.8, 4) is 5.88 Å². The molecular formula is C30H30F2N6O5. The van der Waals surface area contributed by atoms with Gasteiger partial charge in [-0.2, -0.15) is 0 Å². The number of hydrogen-bond donors (Lipinski definition) is 1. The number of hydrogen-bond acceptors (Lipinski definition) is 8. The molecule has 3 aromatic rings. The normalized spacial score (nSPS) is 23.1. The summed E-state index contributed by atoms with van der Waals surface area (Å²) >= 11 is 0. The fourth-order valence-electron chi connectivity index (χ4n) is 5.74. The first-order valence-electron chi connectivity index (χ1n) is 14.0. The van der Waals surface area contributed by atoms with Gasteiger partial charge in [0.1, 0.15) is 30.4 Å². The van der Waals surface area contributed by atoms with Crippen LogP contribution in [0.3, 0.4) is 0 Å². The number of rotatable bonds is 3. The Labute approximate surface area is 246 Å². The fraction of sp³-hybridized carbons (Fsp3) is 0.367. The van der Waals surface area contributed by atoms with Crippen LogP contribution in [-0.2, 0) is 16.1 Å². The molecule has 0 spiro atoms. The summed E-state index contributed by atoms with van der Waals surface area (Å²) in [6.07, 6.45) is 3.61. The van der Waals surface area contributed by atoms with E-state index in [1.54, 1.807) is 29.2 Å². The summed E-state index contributed by atoms with van der Waals surface area (Å²) in [5.74, 6) is -2.20. The lowest BCUT2D eigenvalue weighted by Gasteiger charge is -2.41. The lowest BCUT2D eigenvalue weighted by Crippen LogP contribution is -2.59. The summed E-state index contributed by atoms with van der Waals surface area (Å²) < 4.78 is 40.8. The number of aromatic nitrogens is 2. The van der Waals surface area contributed by atoms with Gasteiger partial charge in [0.2, 0.25) is 11.8 Å². The minimum Gasteiger partial charge on any atom is -0.475 e. The summed E-state index contributed by atoms with van der Waals surface area (Å²) in [6, 6.07) is 9.46. The average Bonchev–Trinajstić information content (AvgIpc) is 3.40. The highest BCUT2D eigenvalue weighted by atomic mass is 19.1. The number of carbonyl (C=O) groups excluding carboxylic acids is 3. The summed E-state index contributed by atoms with van der Waals surface area (Å²) in [5, 5.41) is 2.98. The maximum absolute atomic E-state index is 14.4. The first-order chi connectivity index (χ1) is 20.9. The largest absolute Gasteiger partial charge is 0.475 e. The van der Waals surface area contributed by atoms with Crippen molar-refractivity contribution in [3.63, 3.8) is 0 Å². The Morgan fingerprint density at radius 1 is 1.00 bits per heavy atom. The van der Waals surface area contributed by atoms with Crippen LogP contribution in [0.25, 0.3) is 0 Å². The third kappa shape index (κ3) is 6.18. The van der Waals surface area contributed by atoms with Gasteiger partial charge < -0.3 is 24.6 Å². The maximum atomic E-state index is 14.4. The topological polar surface area (TPSA) is 117 Å². The Kier molecular flexibility index (Phi) is 8.25. The number of carbonyl (C=O) groups is 3. The molecular weight excluding hydrogens is 562 g/mol. The van der Waals surface area contributed by atoms with E-state index in [0.717, 1.165) is 6.20 Å². The predicted octanol–water partition coefficient (Wildman–Crippen LogP) is 1.50. The van der Waals surface area contributed by atoms with Crippen LogP contribution in [0, 0.1) is 11.6 Å². The second kappa shape index (κ2) is 12.4. The second-order valence-electron chi connectivity index (χ2n) is 10.7. The lowest BCUT2D eigenvalue weighted by atomic mass is 10.1. The third-order valence-corrected chi connectivity index (χ3v) is 7.95. The van der Waals surface area contributed by atoms with Crippen LogP contribution < -0.4 is 10.1 Å². The number of amides is 3. The molecule has 2 aromatic heterocycles. The molecule has 224 valence electrons. The molecule has 1 aromatic carbocycles. The SMILES string of the molecule is O=C1N[C@@H]2CN(Cc3ccncc3F)C[C@@H]2OCC(=O)N2CCN(C(=O)c3ccccc3F)C[C@H]2COc2ncccc21. The number of nitrogens with one attached hydrogen (secondary N) is 1. The van der Waals surface area contributed by atoms with E-state index in [1.807, 2.05) is 4.90 Å². The van der Waals surface area contributed by atoms with Crippen LogP contribution in [0.4, 0.5) is 8.78 Å². The molecule has 0 aliphatic carbocycles. The van der Waals surface area contributed by atoms with Gasteiger partial charge in [-0.05, 0) is 30.3 Å². The smallest absolute Gasteiger partial charge is 0.257 e. The number of benzene rings is 1. The molecule has 11 nitrogen and oxygen atoms in total. The highest BCUT2D eigenvalue weighted by Gasteiger charge is 2.39. The second-order valence-corrected chi connectivity index (χ2v) is 10.7. The summed E-state index contributed by atoms with van der Waals surface area (Å²) in [4.78, 5) is 53.1. The minimum absolute atomic E-state index is 0.0525. The number of fused-ring (bicyclic) bond motifs is 3. The lowest BCUT2D eigenvalue weighted by molar-refractivity contribution is -0.143. The van der Waals surface area contributed by atoms with E-state index in [9.17, 15) is 23.2 Å². The molecule has 13 heteroatoms. The zero-order valence-corrected chi connectivity index (χ0v) is 23.2. The van der Waals surface area contributed by atoms with Crippen LogP contribution in [-0.4, -0.2) is 107 Å². The zero-order chi connectivity index (χ0) is 29.9. The molecule has 2 saturated heterocycles. The van der Waals surface area contributed by atoms with Crippen LogP contribution in [0.15, 0.2) is 61.1 Å². The minimum atomic E-state index is -0.624. The number of likely N-dealkylation sites (tertiary alicyclic amines) is 1. The van der Waals surface area contributed by atoms with Gasteiger partial charge in [0.25, 0.3) is 11.8 Å². The molecule has 5 heterocycles. The Balaban J connectivity index is 1.24. The van der Waals surface area contributed by atoms with Crippen LogP contribution in [0.1, 0.15) is 26.3 Å². The van der Waals surface area contributed by atoms with Gasteiger partial charge in [-0.25, -0.2) is 13.8 Å². The van der Waals surface area contributed by atoms with Gasteiger partial charge in [-0.15, -0.1) is 0 Å². The van der Waals surface area contributed by atoms with Crippen molar-refractivity contribution in [2.24, 2.45) is 0 Å². The van der Waals surface area contributed by atoms with Crippen molar-refractivity contribution in [1.29, 1.82) is 0 Å². The molecule has 0 saturated carbocycles. The highest BCUT2D eigenvalue weighted by Crippen LogP contribution is 2.23. The van der Waals surface area contributed by atoms with Crippen LogP contribution in [0.5, 0.6) is 5.88 Å². The van der Waals surface area contributed by atoms with Gasteiger partial charge in [0.05, 0.1) is 29.9 Å². The van der Waals surface area contributed by atoms with Gasteiger partial charge in [-0.3, -0.25) is 24.3 Å². The number of piperazine rings is 1. The first-order valence-corrected chi connectivity index (χ1v) is 14.0. The van der Waals surface area contributed by atoms with Crippen LogP contribution in [0.2, 0.25) is 0 Å². The van der Waals surface area contributed by atoms with E-state index < -0.39 is 41.6 Å². The van der Waals surface area contributed by atoms with Crippen LogP contribution >= 0.6 is 0 Å². The molecule has 43 heavy (non-hydrogen) atoms. The van der Waals surface area contributed by atoms with E-state index >= 15 is 0 Å². The number of pyridine rings is 2. The Bertz CT molecular complexity index is 1530. The van der Waals surface area contributed by atoms with E-state index in [0.29, 0.717) is 18.7 Å². The Morgan fingerprint density at radius 2 is 1.86 bits per heavy atom. The van der Waals surface area contributed by atoms with Gasteiger partial charge >= 0.3 is 0 Å². The van der Waals surface area contributed by atoms with Gasteiger partial charge in [0.15, 0.2) is 0 Å². The van der Waals surface area contributed by atoms with E-state index in [1.165, 1.54) is 35.5 Å². The Hall–Kier alpha value is -4.49. The summed E-state index contributed by atoms with van der Waals surface area (Å²) in [6.45, 7) is 1.14. The standard InChI is InChI=1S/C30H30F2N6O5/c31-23-6-2-1-4-21(23)30(41)37-10-11-38-20(14-37)17-43-29-22(5-3-8-34-29)28(40)35-25-15-36(16-26(25)42-18-27(38)39)13-19-7-9-33-12-24(19)32/h1-9,12,20,25-26H,10-11,13-18H2,(H,35,40)/t20-,25+,26-/m0/s1. The van der Waals surface area contributed by atoms with Crippen molar-refractivity contribution in [2.45, 2.75) is 24.7 Å². The van der Waals surface area contributed by atoms with E-state index in [4.69, 9.17) is 9.47 Å². The summed E-state index contributed by atoms with van der Waals surface area (Å²) in [5.41, 5.74) is 0.607. The van der Waals surface area contributed by atoms with E-state index in [-0.39, 0.29) is 62.3 Å². The van der Waals surface area contributed by atoms with Crippen molar-refractivity contribution >= 4 is 17.7 Å².